The van der Waals surface area contributed by atoms with Gasteiger partial charge in [-0.15, -0.1) is 0 Å². The minimum absolute atomic E-state index is 0.413. The lowest BCUT2D eigenvalue weighted by atomic mass is 9.89. The first-order chi connectivity index (χ1) is 7.78. The van der Waals surface area contributed by atoms with Crippen molar-refractivity contribution < 1.29 is 4.74 Å². The summed E-state index contributed by atoms with van der Waals surface area (Å²) in [6.45, 7) is 5.42. The molecule has 0 aromatic heterocycles. The maximum Gasteiger partial charge on any atom is 0.119 e. The summed E-state index contributed by atoms with van der Waals surface area (Å²) in [5, 5.41) is 3.52. The van der Waals surface area contributed by atoms with Gasteiger partial charge in [-0.25, -0.2) is 0 Å². The number of hydrogen-bond acceptors (Lipinski definition) is 2. The fourth-order valence-electron chi connectivity index (χ4n) is 2.06. The van der Waals surface area contributed by atoms with Gasteiger partial charge >= 0.3 is 0 Å². The van der Waals surface area contributed by atoms with E-state index in [9.17, 15) is 0 Å². The van der Waals surface area contributed by atoms with Crippen molar-refractivity contribution in [1.29, 1.82) is 0 Å². The molecule has 0 bridgehead atoms. The Kier molecular flexibility index (Phi) is 3.83. The Balaban J connectivity index is 1.73. The Morgan fingerprint density at radius 1 is 1.38 bits per heavy atom. The van der Waals surface area contributed by atoms with Crippen molar-refractivity contribution in [3.8, 4) is 5.75 Å². The quantitative estimate of drug-likeness (QED) is 0.822. The summed E-state index contributed by atoms with van der Waals surface area (Å²) in [4.78, 5) is 0. The van der Waals surface area contributed by atoms with Crippen molar-refractivity contribution in [3.63, 3.8) is 0 Å². The van der Waals surface area contributed by atoms with Crippen LogP contribution in [0.15, 0.2) is 24.3 Å². The van der Waals surface area contributed by atoms with Crippen molar-refractivity contribution in [2.45, 2.75) is 45.3 Å². The zero-order valence-electron chi connectivity index (χ0n) is 10.2. The third-order valence-corrected chi connectivity index (χ3v) is 3.07. The predicted molar refractivity (Wildman–Crippen MR) is 66.9 cm³/mol. The van der Waals surface area contributed by atoms with Crippen LogP contribution in [0.5, 0.6) is 5.75 Å². The van der Waals surface area contributed by atoms with E-state index in [1.807, 2.05) is 6.07 Å². The number of rotatable bonds is 5. The molecule has 0 unspecified atom stereocenters. The van der Waals surface area contributed by atoms with Crippen molar-refractivity contribution in [2.24, 2.45) is 0 Å². The van der Waals surface area contributed by atoms with Crippen LogP contribution < -0.4 is 10.1 Å². The van der Waals surface area contributed by atoms with E-state index < -0.39 is 0 Å². The third-order valence-electron chi connectivity index (χ3n) is 3.07. The van der Waals surface area contributed by atoms with Gasteiger partial charge in [0.1, 0.15) is 11.9 Å². The van der Waals surface area contributed by atoms with E-state index in [0.29, 0.717) is 12.1 Å². The molecular formula is C14H21NO. The average Bonchev–Trinajstić information content (AvgIpc) is 2.21. The van der Waals surface area contributed by atoms with Crippen LogP contribution in [0.2, 0.25) is 0 Å². The summed E-state index contributed by atoms with van der Waals surface area (Å²) in [6.07, 6.45) is 3.91. The molecule has 1 aromatic carbocycles. The Bertz CT molecular complexity index is 331. The number of ether oxygens (including phenoxy) is 1. The lowest BCUT2D eigenvalue weighted by molar-refractivity contribution is 0.0852. The van der Waals surface area contributed by atoms with Gasteiger partial charge in [0, 0.05) is 6.04 Å². The molecule has 0 atom stereocenters. The molecule has 16 heavy (non-hydrogen) atoms. The Morgan fingerprint density at radius 2 is 2.19 bits per heavy atom. The molecule has 1 aromatic rings. The molecule has 1 aliphatic carbocycles. The van der Waals surface area contributed by atoms with Crippen LogP contribution in [0.25, 0.3) is 0 Å². The molecule has 0 aliphatic heterocycles. The topological polar surface area (TPSA) is 21.3 Å². The molecule has 1 N–H and O–H groups in total. The van der Waals surface area contributed by atoms with Gasteiger partial charge in [0.25, 0.3) is 0 Å². The second-order valence-corrected chi connectivity index (χ2v) is 4.68. The summed E-state index contributed by atoms with van der Waals surface area (Å²) in [6, 6.07) is 8.97. The first kappa shape index (κ1) is 11.5. The fourth-order valence-corrected chi connectivity index (χ4v) is 2.06. The van der Waals surface area contributed by atoms with Crippen LogP contribution in [-0.2, 0) is 0 Å². The lowest BCUT2D eigenvalue weighted by Crippen LogP contribution is -2.46. The van der Waals surface area contributed by atoms with Gasteiger partial charge in [0.05, 0.1) is 0 Å². The number of hydrogen-bond donors (Lipinski definition) is 1. The molecule has 1 aliphatic rings. The summed E-state index contributed by atoms with van der Waals surface area (Å²) in [7, 11) is 0. The minimum atomic E-state index is 0.413. The summed E-state index contributed by atoms with van der Waals surface area (Å²) >= 11 is 0. The van der Waals surface area contributed by atoms with Crippen LogP contribution >= 0.6 is 0 Å². The van der Waals surface area contributed by atoms with Crippen LogP contribution in [-0.4, -0.2) is 18.7 Å². The van der Waals surface area contributed by atoms with Gasteiger partial charge in [0.2, 0.25) is 0 Å². The lowest BCUT2D eigenvalue weighted by Gasteiger charge is -2.36. The molecule has 0 radical (unpaired) electrons. The van der Waals surface area contributed by atoms with Crippen molar-refractivity contribution in [3.05, 3.63) is 29.8 Å². The highest BCUT2D eigenvalue weighted by atomic mass is 16.5. The highest BCUT2D eigenvalue weighted by molar-refractivity contribution is 5.27. The van der Waals surface area contributed by atoms with E-state index in [4.69, 9.17) is 4.74 Å². The molecule has 0 amide bonds. The van der Waals surface area contributed by atoms with Gasteiger partial charge in [-0.2, -0.15) is 0 Å². The van der Waals surface area contributed by atoms with Crippen molar-refractivity contribution in [2.75, 3.05) is 6.54 Å². The standard InChI is InChI=1S/C14H21NO/c1-3-7-15-12-9-14(10-12)16-13-6-4-5-11(2)8-13/h4-6,8,12,14-15H,3,7,9-10H2,1-2H3. The van der Waals surface area contributed by atoms with Crippen molar-refractivity contribution in [1.82, 2.24) is 5.32 Å². The van der Waals surface area contributed by atoms with E-state index in [2.05, 4.69) is 37.4 Å². The first-order valence-electron chi connectivity index (χ1n) is 6.24. The van der Waals surface area contributed by atoms with Crippen LogP contribution in [0.1, 0.15) is 31.7 Å². The molecule has 2 nitrogen and oxygen atoms in total. The predicted octanol–water partition coefficient (Wildman–Crippen LogP) is 2.90. The molecule has 2 heteroatoms. The largest absolute Gasteiger partial charge is 0.490 e. The monoisotopic (exact) mass is 219 g/mol. The van der Waals surface area contributed by atoms with Gasteiger partial charge in [-0.1, -0.05) is 19.1 Å². The fraction of sp³-hybridized carbons (Fsp3) is 0.571. The van der Waals surface area contributed by atoms with Gasteiger partial charge in [0.15, 0.2) is 0 Å². The SMILES string of the molecule is CCCNC1CC(Oc2cccc(C)c2)C1. The van der Waals surface area contributed by atoms with E-state index >= 15 is 0 Å². The highest BCUT2D eigenvalue weighted by Gasteiger charge is 2.29. The second-order valence-electron chi connectivity index (χ2n) is 4.68. The van der Waals surface area contributed by atoms with Gasteiger partial charge < -0.3 is 10.1 Å². The summed E-state index contributed by atoms with van der Waals surface area (Å²) in [5.41, 5.74) is 1.26. The second kappa shape index (κ2) is 5.35. The molecule has 1 fully saturated rings. The molecule has 88 valence electrons. The van der Waals surface area contributed by atoms with E-state index in [0.717, 1.165) is 25.1 Å². The van der Waals surface area contributed by atoms with Gasteiger partial charge in [-0.05, 0) is 50.4 Å². The van der Waals surface area contributed by atoms with E-state index in [1.165, 1.54) is 12.0 Å². The summed E-state index contributed by atoms with van der Waals surface area (Å²) < 4.78 is 5.90. The van der Waals surface area contributed by atoms with Crippen LogP contribution in [0, 0.1) is 6.92 Å². The molecule has 0 spiro atoms. The maximum atomic E-state index is 5.90. The highest BCUT2D eigenvalue weighted by Crippen LogP contribution is 2.26. The third kappa shape index (κ3) is 2.99. The maximum absolute atomic E-state index is 5.90. The molecule has 0 heterocycles. The van der Waals surface area contributed by atoms with E-state index in [-0.39, 0.29) is 0 Å². The molecule has 2 rings (SSSR count). The Labute approximate surface area is 98.0 Å². The normalized spacial score (nSPS) is 23.9. The summed E-state index contributed by atoms with van der Waals surface area (Å²) in [5.74, 6) is 1.01. The smallest absolute Gasteiger partial charge is 0.119 e. The number of benzene rings is 1. The average molecular weight is 219 g/mol. The van der Waals surface area contributed by atoms with Crippen LogP contribution in [0.4, 0.5) is 0 Å². The first-order valence-corrected chi connectivity index (χ1v) is 6.24. The molecule has 1 saturated carbocycles. The Morgan fingerprint density at radius 3 is 2.88 bits per heavy atom. The molecular weight excluding hydrogens is 198 g/mol. The van der Waals surface area contributed by atoms with Crippen LogP contribution in [0.3, 0.4) is 0 Å². The van der Waals surface area contributed by atoms with Gasteiger partial charge in [-0.3, -0.25) is 0 Å². The van der Waals surface area contributed by atoms with Crippen molar-refractivity contribution >= 4 is 0 Å². The number of aryl methyl sites for hydroxylation is 1. The zero-order valence-corrected chi connectivity index (χ0v) is 10.2. The minimum Gasteiger partial charge on any atom is -0.490 e. The number of nitrogens with one attached hydrogen (secondary N) is 1. The molecule has 0 saturated heterocycles. The zero-order chi connectivity index (χ0) is 11.4. The van der Waals surface area contributed by atoms with E-state index in [1.54, 1.807) is 0 Å². The Hall–Kier alpha value is -1.02.